The standard InChI is InChI=1S/C16H14N2O5/c1-2-23-16(20)14(15(19)11-6-4-3-5-7-11)12-8-9-17-10-13(12)18(21)22/h3-10,19H,2H2,1H3/b15-14+. The Morgan fingerprint density at radius 1 is 1.30 bits per heavy atom. The van der Waals surface area contributed by atoms with Crippen LogP contribution in [0.5, 0.6) is 0 Å². The molecule has 0 aliphatic rings. The highest BCUT2D eigenvalue weighted by Gasteiger charge is 2.27. The first-order valence-corrected chi connectivity index (χ1v) is 6.80. The molecule has 1 aromatic heterocycles. The van der Waals surface area contributed by atoms with Crippen LogP contribution in [-0.4, -0.2) is 27.6 Å². The Bertz CT molecular complexity index is 756. The SMILES string of the molecule is CCOC(=O)/C(=C(/O)c1ccccc1)c1ccncc1[N+](=O)[O-]. The third-order valence-corrected chi connectivity index (χ3v) is 3.03. The minimum atomic E-state index is -0.844. The van der Waals surface area contributed by atoms with Crippen molar-refractivity contribution in [3.05, 3.63) is 70.0 Å². The van der Waals surface area contributed by atoms with Gasteiger partial charge >= 0.3 is 5.97 Å². The van der Waals surface area contributed by atoms with E-state index in [0.717, 1.165) is 6.20 Å². The molecular weight excluding hydrogens is 300 g/mol. The quantitative estimate of drug-likeness (QED) is 0.299. The lowest BCUT2D eigenvalue weighted by atomic mass is 10.0. The summed E-state index contributed by atoms with van der Waals surface area (Å²) in [7, 11) is 0. The van der Waals surface area contributed by atoms with E-state index in [9.17, 15) is 20.0 Å². The van der Waals surface area contributed by atoms with Crippen molar-refractivity contribution in [2.24, 2.45) is 0 Å². The molecule has 0 bridgehead atoms. The molecule has 7 heteroatoms. The molecule has 1 heterocycles. The fourth-order valence-electron chi connectivity index (χ4n) is 2.02. The summed E-state index contributed by atoms with van der Waals surface area (Å²) in [6, 6.07) is 9.56. The van der Waals surface area contributed by atoms with Gasteiger partial charge in [0, 0.05) is 11.8 Å². The number of nitrogens with zero attached hydrogens (tertiary/aromatic N) is 2. The number of hydrogen-bond acceptors (Lipinski definition) is 6. The zero-order valence-corrected chi connectivity index (χ0v) is 12.3. The third kappa shape index (κ3) is 3.52. The Kier molecular flexibility index (Phi) is 5.03. The molecule has 2 rings (SSSR count). The molecule has 0 fully saturated rings. The minimum absolute atomic E-state index is 0.0511. The first kappa shape index (κ1) is 16.2. The van der Waals surface area contributed by atoms with Crippen molar-refractivity contribution in [2.75, 3.05) is 6.61 Å². The molecule has 1 aromatic carbocycles. The van der Waals surface area contributed by atoms with Gasteiger partial charge in [-0.2, -0.15) is 0 Å². The van der Waals surface area contributed by atoms with Gasteiger partial charge in [-0.1, -0.05) is 30.3 Å². The Morgan fingerprint density at radius 3 is 2.61 bits per heavy atom. The number of aromatic nitrogens is 1. The third-order valence-electron chi connectivity index (χ3n) is 3.03. The Morgan fingerprint density at radius 2 is 2.00 bits per heavy atom. The number of nitro groups is 1. The fraction of sp³-hybridized carbons (Fsp3) is 0.125. The van der Waals surface area contributed by atoms with E-state index < -0.39 is 22.3 Å². The van der Waals surface area contributed by atoms with Gasteiger partial charge in [0.15, 0.2) is 0 Å². The molecule has 0 aliphatic heterocycles. The highest BCUT2D eigenvalue weighted by molar-refractivity contribution is 6.24. The van der Waals surface area contributed by atoms with Crippen LogP contribution in [-0.2, 0) is 9.53 Å². The molecule has 118 valence electrons. The van der Waals surface area contributed by atoms with Gasteiger partial charge in [0.2, 0.25) is 0 Å². The van der Waals surface area contributed by atoms with Crippen LogP contribution in [0.25, 0.3) is 11.3 Å². The van der Waals surface area contributed by atoms with Gasteiger partial charge in [0.05, 0.1) is 17.1 Å². The molecule has 0 radical (unpaired) electrons. The number of aliphatic hydroxyl groups is 1. The zero-order chi connectivity index (χ0) is 16.8. The number of benzene rings is 1. The lowest BCUT2D eigenvalue weighted by molar-refractivity contribution is -0.385. The molecular formula is C16H14N2O5. The smallest absolute Gasteiger partial charge is 0.342 e. The average molecular weight is 314 g/mol. The number of ether oxygens (including phenoxy) is 1. The normalized spacial score (nSPS) is 11.5. The van der Waals surface area contributed by atoms with Crippen LogP contribution in [0.4, 0.5) is 5.69 Å². The molecule has 7 nitrogen and oxygen atoms in total. The molecule has 0 spiro atoms. The van der Waals surface area contributed by atoms with Crippen molar-refractivity contribution in [3.8, 4) is 0 Å². The fourth-order valence-corrected chi connectivity index (χ4v) is 2.02. The molecule has 0 aliphatic carbocycles. The van der Waals surface area contributed by atoms with Gasteiger partial charge in [0.1, 0.15) is 17.5 Å². The van der Waals surface area contributed by atoms with Crippen LogP contribution >= 0.6 is 0 Å². The van der Waals surface area contributed by atoms with Gasteiger partial charge < -0.3 is 9.84 Å². The highest BCUT2D eigenvalue weighted by atomic mass is 16.6. The van der Waals surface area contributed by atoms with Gasteiger partial charge in [-0.05, 0) is 13.0 Å². The van der Waals surface area contributed by atoms with Crippen LogP contribution in [0.15, 0.2) is 48.8 Å². The van der Waals surface area contributed by atoms with Crippen molar-refractivity contribution >= 4 is 23.0 Å². The summed E-state index contributed by atoms with van der Waals surface area (Å²) in [6.45, 7) is 1.68. The summed E-state index contributed by atoms with van der Waals surface area (Å²) in [5.41, 5.74) is -0.364. The molecule has 0 saturated heterocycles. The Balaban J connectivity index is 2.70. The summed E-state index contributed by atoms with van der Waals surface area (Å²) in [5, 5.41) is 21.6. The highest BCUT2D eigenvalue weighted by Crippen LogP contribution is 2.31. The summed E-state index contributed by atoms with van der Waals surface area (Å²) in [4.78, 5) is 26.4. The van der Waals surface area contributed by atoms with Gasteiger partial charge in [-0.15, -0.1) is 0 Å². The van der Waals surface area contributed by atoms with Crippen molar-refractivity contribution < 1.29 is 19.6 Å². The maximum atomic E-state index is 12.3. The Labute approximate surface area is 132 Å². The summed E-state index contributed by atoms with van der Waals surface area (Å²) in [5.74, 6) is -1.23. The van der Waals surface area contributed by atoms with Crippen molar-refractivity contribution in [3.63, 3.8) is 0 Å². The monoisotopic (exact) mass is 314 g/mol. The molecule has 23 heavy (non-hydrogen) atoms. The molecule has 0 atom stereocenters. The lowest BCUT2D eigenvalue weighted by Crippen LogP contribution is -2.11. The predicted molar refractivity (Wildman–Crippen MR) is 83.4 cm³/mol. The second-order valence-electron chi connectivity index (χ2n) is 4.46. The van der Waals surface area contributed by atoms with E-state index in [1.807, 2.05) is 0 Å². The molecule has 1 N–H and O–H groups in total. The molecule has 0 unspecified atom stereocenters. The van der Waals surface area contributed by atoms with E-state index in [1.54, 1.807) is 37.3 Å². The Hall–Kier alpha value is -3.22. The van der Waals surface area contributed by atoms with Crippen molar-refractivity contribution in [2.45, 2.75) is 6.92 Å². The zero-order valence-electron chi connectivity index (χ0n) is 12.3. The van der Waals surface area contributed by atoms with E-state index in [-0.39, 0.29) is 17.7 Å². The van der Waals surface area contributed by atoms with Crippen molar-refractivity contribution in [1.82, 2.24) is 4.98 Å². The number of hydrogen-bond donors (Lipinski definition) is 1. The summed E-state index contributed by atoms with van der Waals surface area (Å²) < 4.78 is 4.94. The van der Waals surface area contributed by atoms with E-state index >= 15 is 0 Å². The van der Waals surface area contributed by atoms with E-state index in [4.69, 9.17) is 4.74 Å². The van der Waals surface area contributed by atoms with Crippen LogP contribution in [0.2, 0.25) is 0 Å². The topological polar surface area (TPSA) is 103 Å². The van der Waals surface area contributed by atoms with Crippen LogP contribution in [0.1, 0.15) is 18.1 Å². The number of carbonyl (C=O) groups is 1. The second-order valence-corrected chi connectivity index (χ2v) is 4.46. The maximum absolute atomic E-state index is 12.3. The van der Waals surface area contributed by atoms with Crippen LogP contribution < -0.4 is 0 Å². The van der Waals surface area contributed by atoms with Gasteiger partial charge in [0.25, 0.3) is 5.69 Å². The molecule has 0 saturated carbocycles. The molecule has 2 aromatic rings. The van der Waals surface area contributed by atoms with E-state index in [0.29, 0.717) is 5.56 Å². The average Bonchev–Trinajstić information content (AvgIpc) is 2.56. The number of aliphatic hydroxyl groups excluding tert-OH is 1. The molecule has 0 amide bonds. The predicted octanol–water partition coefficient (Wildman–Crippen LogP) is 2.98. The first-order valence-electron chi connectivity index (χ1n) is 6.80. The van der Waals surface area contributed by atoms with Crippen LogP contribution in [0, 0.1) is 10.1 Å². The van der Waals surface area contributed by atoms with E-state index in [1.165, 1.54) is 12.3 Å². The van der Waals surface area contributed by atoms with E-state index in [2.05, 4.69) is 4.98 Å². The van der Waals surface area contributed by atoms with Gasteiger partial charge in [-0.25, -0.2) is 4.79 Å². The number of rotatable bonds is 5. The van der Waals surface area contributed by atoms with Gasteiger partial charge in [-0.3, -0.25) is 15.1 Å². The first-order chi connectivity index (χ1) is 11.1. The maximum Gasteiger partial charge on any atom is 0.342 e. The number of carbonyl (C=O) groups excluding carboxylic acids is 1. The largest absolute Gasteiger partial charge is 0.506 e. The lowest BCUT2D eigenvalue weighted by Gasteiger charge is -2.11. The summed E-state index contributed by atoms with van der Waals surface area (Å²) >= 11 is 0. The van der Waals surface area contributed by atoms with Crippen LogP contribution in [0.3, 0.4) is 0 Å². The number of pyridine rings is 1. The number of esters is 1. The van der Waals surface area contributed by atoms with Crippen molar-refractivity contribution in [1.29, 1.82) is 0 Å². The minimum Gasteiger partial charge on any atom is -0.506 e. The summed E-state index contributed by atoms with van der Waals surface area (Å²) in [6.07, 6.45) is 2.33. The second kappa shape index (κ2) is 7.17.